The molecule has 5 N–H and O–H groups in total. The highest BCUT2D eigenvalue weighted by atomic mass is 32.2. The molecule has 1 saturated heterocycles. The first-order valence-electron chi connectivity index (χ1n) is 6.43. The number of carboxylic acids is 1. The summed E-state index contributed by atoms with van der Waals surface area (Å²) in [6.07, 6.45) is 0.673. The van der Waals surface area contributed by atoms with Gasteiger partial charge < -0.3 is 15.6 Å². The molecule has 0 aromatic rings. The lowest BCUT2D eigenvalue weighted by Gasteiger charge is -2.26. The lowest BCUT2D eigenvalue weighted by atomic mass is 10.3. The molecular weight excluding hydrogens is 288 g/mol. The van der Waals surface area contributed by atoms with Crippen LogP contribution in [-0.4, -0.2) is 76.4 Å². The van der Waals surface area contributed by atoms with Crippen LogP contribution in [0.3, 0.4) is 0 Å². The zero-order valence-electron chi connectivity index (χ0n) is 11.2. The van der Waals surface area contributed by atoms with Gasteiger partial charge in [0.05, 0.1) is 13.2 Å². The third-order valence-corrected chi connectivity index (χ3v) is 3.99. The monoisotopic (exact) mass is 310 g/mol. The summed E-state index contributed by atoms with van der Waals surface area (Å²) in [5, 5.41) is 8.54. The van der Waals surface area contributed by atoms with E-state index in [0.717, 1.165) is 19.6 Å². The van der Waals surface area contributed by atoms with Gasteiger partial charge in [-0.05, 0) is 13.0 Å². The molecule has 1 atom stereocenters. The zero-order valence-corrected chi connectivity index (χ0v) is 12.1. The average molecular weight is 310 g/mol. The van der Waals surface area contributed by atoms with E-state index in [1.807, 2.05) is 0 Å². The summed E-state index contributed by atoms with van der Waals surface area (Å²) in [6.45, 7) is 3.88. The second-order valence-corrected chi connectivity index (χ2v) is 6.08. The third kappa shape index (κ3) is 7.12. The summed E-state index contributed by atoms with van der Waals surface area (Å²) in [7, 11) is -3.70. The maximum atomic E-state index is 11.5. The minimum Gasteiger partial charge on any atom is -0.480 e. The van der Waals surface area contributed by atoms with E-state index >= 15 is 0 Å². The standard InChI is InChI=1S/C10H22N4O5S/c11-9(10(15)16)8-13-20(17,18)12-2-1-3-14-4-6-19-7-5-14/h9,12-13H,1-8,11H2,(H,15,16)/t9-/m0/s1. The molecule has 0 aliphatic carbocycles. The van der Waals surface area contributed by atoms with Gasteiger partial charge in [-0.3, -0.25) is 9.69 Å². The van der Waals surface area contributed by atoms with Crippen LogP contribution in [0.2, 0.25) is 0 Å². The van der Waals surface area contributed by atoms with Crippen molar-refractivity contribution in [1.29, 1.82) is 0 Å². The van der Waals surface area contributed by atoms with Crippen molar-refractivity contribution in [2.24, 2.45) is 5.73 Å². The van der Waals surface area contributed by atoms with Crippen LogP contribution in [0.1, 0.15) is 6.42 Å². The Morgan fingerprint density at radius 2 is 2.00 bits per heavy atom. The average Bonchev–Trinajstić information content (AvgIpc) is 2.42. The second kappa shape index (κ2) is 8.49. The number of nitrogens with zero attached hydrogens (tertiary/aromatic N) is 1. The lowest BCUT2D eigenvalue weighted by Crippen LogP contribution is -2.46. The molecule has 1 aliphatic heterocycles. The molecule has 1 rings (SSSR count). The number of rotatable bonds is 9. The highest BCUT2D eigenvalue weighted by Crippen LogP contribution is 1.97. The van der Waals surface area contributed by atoms with Crippen LogP contribution in [0.4, 0.5) is 0 Å². The zero-order chi connectivity index (χ0) is 15.0. The van der Waals surface area contributed by atoms with E-state index in [0.29, 0.717) is 19.6 Å². The topological polar surface area (TPSA) is 134 Å². The van der Waals surface area contributed by atoms with E-state index in [1.165, 1.54) is 0 Å². The SMILES string of the molecule is N[C@@H](CNS(=O)(=O)NCCCN1CCOCC1)C(=O)O. The van der Waals surface area contributed by atoms with Gasteiger partial charge >= 0.3 is 5.97 Å². The fourth-order valence-electron chi connectivity index (χ4n) is 1.67. The Morgan fingerprint density at radius 3 is 2.60 bits per heavy atom. The molecule has 20 heavy (non-hydrogen) atoms. The highest BCUT2D eigenvalue weighted by molar-refractivity contribution is 7.87. The van der Waals surface area contributed by atoms with Crippen LogP contribution >= 0.6 is 0 Å². The molecule has 9 nitrogen and oxygen atoms in total. The summed E-state index contributed by atoms with van der Waals surface area (Å²) in [5.74, 6) is -1.25. The Bertz CT molecular complexity index is 396. The van der Waals surface area contributed by atoms with Gasteiger partial charge in [0.1, 0.15) is 6.04 Å². The second-order valence-electron chi connectivity index (χ2n) is 4.50. The molecule has 0 aromatic heterocycles. The number of hydrogen-bond acceptors (Lipinski definition) is 6. The van der Waals surface area contributed by atoms with E-state index in [1.54, 1.807) is 0 Å². The number of morpholine rings is 1. The molecule has 0 unspecified atom stereocenters. The van der Waals surface area contributed by atoms with Crippen LogP contribution in [0.15, 0.2) is 0 Å². The van der Waals surface area contributed by atoms with Crippen LogP contribution in [0.25, 0.3) is 0 Å². The van der Waals surface area contributed by atoms with E-state index in [2.05, 4.69) is 14.3 Å². The van der Waals surface area contributed by atoms with E-state index < -0.39 is 22.2 Å². The van der Waals surface area contributed by atoms with Gasteiger partial charge in [-0.1, -0.05) is 0 Å². The Kier molecular flexibility index (Phi) is 7.34. The first-order chi connectivity index (χ1) is 9.41. The van der Waals surface area contributed by atoms with Gasteiger partial charge in [0.2, 0.25) is 0 Å². The van der Waals surface area contributed by atoms with Crippen molar-refractivity contribution in [2.75, 3.05) is 45.9 Å². The number of aliphatic carboxylic acids is 1. The Hall–Kier alpha value is -0.780. The number of carbonyl (C=O) groups is 1. The molecule has 0 amide bonds. The Balaban J connectivity index is 2.14. The first kappa shape index (κ1) is 17.3. The molecule has 1 fully saturated rings. The molecular formula is C10H22N4O5S. The molecule has 0 aromatic carbocycles. The normalized spacial score (nSPS) is 18.9. The summed E-state index contributed by atoms with van der Waals surface area (Å²) >= 11 is 0. The van der Waals surface area contributed by atoms with Crippen molar-refractivity contribution >= 4 is 16.2 Å². The fraction of sp³-hybridized carbons (Fsp3) is 0.900. The number of ether oxygens (including phenoxy) is 1. The van der Waals surface area contributed by atoms with Crippen LogP contribution in [-0.2, 0) is 19.7 Å². The Labute approximate surface area is 118 Å². The molecule has 118 valence electrons. The quantitative estimate of drug-likeness (QED) is 0.347. The smallest absolute Gasteiger partial charge is 0.321 e. The first-order valence-corrected chi connectivity index (χ1v) is 7.92. The Morgan fingerprint density at radius 1 is 1.35 bits per heavy atom. The molecule has 0 spiro atoms. The molecule has 1 aliphatic rings. The van der Waals surface area contributed by atoms with Crippen LogP contribution < -0.4 is 15.2 Å². The number of hydrogen-bond donors (Lipinski definition) is 4. The highest BCUT2D eigenvalue weighted by Gasteiger charge is 2.16. The van der Waals surface area contributed by atoms with Crippen molar-refractivity contribution in [1.82, 2.24) is 14.3 Å². The van der Waals surface area contributed by atoms with Crippen molar-refractivity contribution in [3.8, 4) is 0 Å². The minimum atomic E-state index is -3.70. The summed E-state index contributed by atoms with van der Waals surface area (Å²) in [6, 6.07) is -1.25. The van der Waals surface area contributed by atoms with Gasteiger partial charge in [0.25, 0.3) is 10.2 Å². The number of nitrogens with two attached hydrogens (primary N) is 1. The van der Waals surface area contributed by atoms with Gasteiger partial charge in [-0.25, -0.2) is 9.44 Å². The van der Waals surface area contributed by atoms with Gasteiger partial charge in [-0.2, -0.15) is 8.42 Å². The lowest BCUT2D eigenvalue weighted by molar-refractivity contribution is -0.138. The summed E-state index contributed by atoms with van der Waals surface area (Å²) < 4.78 is 32.7. The molecule has 0 saturated carbocycles. The molecule has 0 radical (unpaired) electrons. The number of nitrogens with one attached hydrogen (secondary N) is 2. The van der Waals surface area contributed by atoms with Gasteiger partial charge in [0, 0.05) is 26.2 Å². The summed E-state index contributed by atoms with van der Waals surface area (Å²) in [5.41, 5.74) is 5.20. The predicted octanol–water partition coefficient (Wildman–Crippen LogP) is -2.46. The van der Waals surface area contributed by atoms with E-state index in [9.17, 15) is 13.2 Å². The van der Waals surface area contributed by atoms with Crippen molar-refractivity contribution < 1.29 is 23.1 Å². The van der Waals surface area contributed by atoms with Crippen molar-refractivity contribution in [3.63, 3.8) is 0 Å². The van der Waals surface area contributed by atoms with Gasteiger partial charge in [0.15, 0.2) is 0 Å². The van der Waals surface area contributed by atoms with Crippen molar-refractivity contribution in [3.05, 3.63) is 0 Å². The maximum Gasteiger partial charge on any atom is 0.321 e. The van der Waals surface area contributed by atoms with Gasteiger partial charge in [-0.15, -0.1) is 0 Å². The molecule has 0 bridgehead atoms. The van der Waals surface area contributed by atoms with Crippen molar-refractivity contribution in [2.45, 2.75) is 12.5 Å². The van der Waals surface area contributed by atoms with E-state index in [4.69, 9.17) is 15.6 Å². The van der Waals surface area contributed by atoms with Crippen LogP contribution in [0.5, 0.6) is 0 Å². The third-order valence-electron chi connectivity index (χ3n) is 2.86. The maximum absolute atomic E-state index is 11.5. The fourth-order valence-corrected chi connectivity index (χ4v) is 2.59. The summed E-state index contributed by atoms with van der Waals surface area (Å²) in [4.78, 5) is 12.7. The van der Waals surface area contributed by atoms with Crippen LogP contribution in [0, 0.1) is 0 Å². The molecule has 10 heteroatoms. The predicted molar refractivity (Wildman–Crippen MR) is 72.4 cm³/mol. The van der Waals surface area contributed by atoms with E-state index in [-0.39, 0.29) is 13.1 Å². The number of carboxylic acid groups (broad SMARTS) is 1. The largest absolute Gasteiger partial charge is 0.480 e. The molecule has 1 heterocycles. The minimum absolute atomic E-state index is 0.287.